The molecule has 0 bridgehead atoms. The Morgan fingerprint density at radius 3 is 2.60 bits per heavy atom. The summed E-state index contributed by atoms with van der Waals surface area (Å²) in [6.45, 7) is 1.96. The zero-order valence-electron chi connectivity index (χ0n) is 8.37. The van der Waals surface area contributed by atoms with Gasteiger partial charge >= 0.3 is 5.97 Å². The number of halogens is 1. The molecule has 3 N–H and O–H groups in total. The SMILES string of the molecule is CCOC(=O)C(Cl)(NN)c1ccccc1. The minimum atomic E-state index is -1.52. The van der Waals surface area contributed by atoms with E-state index in [1.807, 2.05) is 6.07 Å². The lowest BCUT2D eigenvalue weighted by atomic mass is 10.1. The Morgan fingerprint density at radius 2 is 2.13 bits per heavy atom. The molecule has 5 heteroatoms. The van der Waals surface area contributed by atoms with E-state index in [2.05, 4.69) is 5.43 Å². The number of rotatable bonds is 4. The molecule has 0 heterocycles. The van der Waals surface area contributed by atoms with Gasteiger partial charge in [-0.05, 0) is 12.5 Å². The third kappa shape index (κ3) is 2.47. The quantitative estimate of drug-likeness (QED) is 0.266. The van der Waals surface area contributed by atoms with Crippen LogP contribution in [0.3, 0.4) is 0 Å². The largest absolute Gasteiger partial charge is 0.463 e. The van der Waals surface area contributed by atoms with Gasteiger partial charge in [0.25, 0.3) is 0 Å². The van der Waals surface area contributed by atoms with Gasteiger partial charge in [0.05, 0.1) is 6.61 Å². The van der Waals surface area contributed by atoms with Gasteiger partial charge in [0.15, 0.2) is 0 Å². The highest BCUT2D eigenvalue weighted by molar-refractivity contribution is 6.33. The molecule has 1 atom stereocenters. The van der Waals surface area contributed by atoms with Crippen molar-refractivity contribution in [3.8, 4) is 0 Å². The molecule has 1 unspecified atom stereocenters. The molecule has 1 rings (SSSR count). The number of hydrogen-bond acceptors (Lipinski definition) is 4. The minimum Gasteiger partial charge on any atom is -0.463 e. The van der Waals surface area contributed by atoms with Crippen LogP contribution in [0.5, 0.6) is 0 Å². The van der Waals surface area contributed by atoms with E-state index in [0.29, 0.717) is 5.56 Å². The van der Waals surface area contributed by atoms with Crippen molar-refractivity contribution in [2.75, 3.05) is 6.61 Å². The number of ether oxygens (including phenoxy) is 1. The van der Waals surface area contributed by atoms with Crippen LogP contribution in [0, 0.1) is 0 Å². The molecule has 1 aromatic rings. The summed E-state index contributed by atoms with van der Waals surface area (Å²) in [6, 6.07) is 8.75. The van der Waals surface area contributed by atoms with Crippen molar-refractivity contribution in [1.29, 1.82) is 0 Å². The summed E-state index contributed by atoms with van der Waals surface area (Å²) in [6.07, 6.45) is 0. The number of hydrazine groups is 1. The monoisotopic (exact) mass is 228 g/mol. The van der Waals surface area contributed by atoms with Gasteiger partial charge in [-0.2, -0.15) is 0 Å². The van der Waals surface area contributed by atoms with Crippen molar-refractivity contribution >= 4 is 17.6 Å². The second kappa shape index (κ2) is 5.11. The van der Waals surface area contributed by atoms with Crippen LogP contribution in [0.15, 0.2) is 30.3 Å². The molecular formula is C10H13ClN2O2. The Morgan fingerprint density at radius 1 is 1.53 bits per heavy atom. The number of benzene rings is 1. The molecule has 1 aromatic carbocycles. The van der Waals surface area contributed by atoms with Crippen molar-refractivity contribution in [1.82, 2.24) is 5.43 Å². The Hall–Kier alpha value is -1.10. The fraction of sp³-hybridized carbons (Fsp3) is 0.300. The first-order valence-electron chi connectivity index (χ1n) is 4.54. The maximum absolute atomic E-state index is 11.6. The van der Waals surface area contributed by atoms with Gasteiger partial charge in [0, 0.05) is 0 Å². The highest BCUT2D eigenvalue weighted by Crippen LogP contribution is 2.26. The van der Waals surface area contributed by atoms with Crippen molar-refractivity contribution in [3.63, 3.8) is 0 Å². The first-order chi connectivity index (χ1) is 7.15. The van der Waals surface area contributed by atoms with Crippen molar-refractivity contribution in [2.24, 2.45) is 5.84 Å². The molecule has 4 nitrogen and oxygen atoms in total. The zero-order chi connectivity index (χ0) is 11.3. The van der Waals surface area contributed by atoms with E-state index in [4.69, 9.17) is 22.2 Å². The lowest BCUT2D eigenvalue weighted by Crippen LogP contribution is -2.49. The number of carbonyl (C=O) groups excluding carboxylic acids is 1. The van der Waals surface area contributed by atoms with E-state index in [1.165, 1.54) is 0 Å². The maximum Gasteiger partial charge on any atom is 0.348 e. The molecule has 0 aromatic heterocycles. The first-order valence-corrected chi connectivity index (χ1v) is 4.92. The lowest BCUT2D eigenvalue weighted by Gasteiger charge is -2.23. The van der Waals surface area contributed by atoms with Crippen LogP contribution < -0.4 is 11.3 Å². The summed E-state index contributed by atoms with van der Waals surface area (Å²) in [5, 5.41) is 0. The van der Waals surface area contributed by atoms with Crippen molar-refractivity contribution in [2.45, 2.75) is 11.9 Å². The van der Waals surface area contributed by atoms with Gasteiger partial charge in [0.1, 0.15) is 0 Å². The number of nitrogens with two attached hydrogens (primary N) is 1. The van der Waals surface area contributed by atoms with E-state index < -0.39 is 11.0 Å². The summed E-state index contributed by atoms with van der Waals surface area (Å²) in [5.74, 6) is 4.68. The minimum absolute atomic E-state index is 0.252. The van der Waals surface area contributed by atoms with Crippen LogP contribution in [0.1, 0.15) is 12.5 Å². The van der Waals surface area contributed by atoms with Gasteiger partial charge in [-0.3, -0.25) is 5.84 Å². The van der Waals surface area contributed by atoms with E-state index in [0.717, 1.165) is 0 Å². The molecule has 0 saturated heterocycles. The summed E-state index contributed by atoms with van der Waals surface area (Å²) in [5.41, 5.74) is 2.82. The summed E-state index contributed by atoms with van der Waals surface area (Å²) in [4.78, 5) is 10.1. The van der Waals surface area contributed by atoms with Gasteiger partial charge in [-0.1, -0.05) is 41.9 Å². The molecule has 0 spiro atoms. The van der Waals surface area contributed by atoms with Crippen LogP contribution in [-0.2, 0) is 14.5 Å². The van der Waals surface area contributed by atoms with Crippen LogP contribution in [-0.4, -0.2) is 12.6 Å². The van der Waals surface area contributed by atoms with Crippen LogP contribution >= 0.6 is 11.6 Å². The number of nitrogens with one attached hydrogen (secondary N) is 1. The molecule has 15 heavy (non-hydrogen) atoms. The molecule has 0 aliphatic heterocycles. The molecule has 0 saturated carbocycles. The first kappa shape index (κ1) is 12.0. The molecule has 82 valence electrons. The lowest BCUT2D eigenvalue weighted by molar-refractivity contribution is -0.147. The average Bonchev–Trinajstić information content (AvgIpc) is 2.29. The van der Waals surface area contributed by atoms with Gasteiger partial charge in [-0.25, -0.2) is 10.2 Å². The fourth-order valence-electron chi connectivity index (χ4n) is 1.16. The third-order valence-electron chi connectivity index (χ3n) is 1.93. The van der Waals surface area contributed by atoms with E-state index in [1.54, 1.807) is 31.2 Å². The highest BCUT2D eigenvalue weighted by atomic mass is 35.5. The van der Waals surface area contributed by atoms with Crippen molar-refractivity contribution in [3.05, 3.63) is 35.9 Å². The Bertz CT molecular complexity index is 331. The molecule has 0 aliphatic carbocycles. The normalized spacial score (nSPS) is 14.3. The maximum atomic E-state index is 11.6. The average molecular weight is 229 g/mol. The van der Waals surface area contributed by atoms with E-state index >= 15 is 0 Å². The zero-order valence-corrected chi connectivity index (χ0v) is 9.12. The van der Waals surface area contributed by atoms with E-state index in [-0.39, 0.29) is 6.61 Å². The van der Waals surface area contributed by atoms with Crippen molar-refractivity contribution < 1.29 is 9.53 Å². The van der Waals surface area contributed by atoms with Crippen LogP contribution in [0.4, 0.5) is 0 Å². The molecular weight excluding hydrogens is 216 g/mol. The predicted octanol–water partition coefficient (Wildman–Crippen LogP) is 1.10. The molecule has 0 aliphatic rings. The smallest absolute Gasteiger partial charge is 0.348 e. The van der Waals surface area contributed by atoms with E-state index in [9.17, 15) is 4.79 Å². The van der Waals surface area contributed by atoms with Gasteiger partial charge in [-0.15, -0.1) is 0 Å². The third-order valence-corrected chi connectivity index (χ3v) is 2.41. The summed E-state index contributed by atoms with van der Waals surface area (Å²) in [7, 11) is 0. The number of carbonyl (C=O) groups is 1. The topological polar surface area (TPSA) is 64.3 Å². The molecule has 0 radical (unpaired) electrons. The van der Waals surface area contributed by atoms with Gasteiger partial charge in [0.2, 0.25) is 5.00 Å². The standard InChI is InChI=1S/C10H13ClN2O2/c1-2-15-9(14)10(11,13-12)8-6-4-3-5-7-8/h3-7,13H,2,12H2,1H3. The number of esters is 1. The Kier molecular flexibility index (Phi) is 4.08. The Balaban J connectivity index is 3.00. The second-order valence-electron chi connectivity index (χ2n) is 2.89. The van der Waals surface area contributed by atoms with Gasteiger partial charge < -0.3 is 4.74 Å². The molecule has 0 fully saturated rings. The second-order valence-corrected chi connectivity index (χ2v) is 3.46. The summed E-state index contributed by atoms with van der Waals surface area (Å²) < 4.78 is 4.84. The molecule has 0 amide bonds. The summed E-state index contributed by atoms with van der Waals surface area (Å²) >= 11 is 6.07. The van der Waals surface area contributed by atoms with Crippen LogP contribution in [0.25, 0.3) is 0 Å². The van der Waals surface area contributed by atoms with Crippen LogP contribution in [0.2, 0.25) is 0 Å². The Labute approximate surface area is 93.3 Å². The fourth-order valence-corrected chi connectivity index (χ4v) is 1.34. The number of hydrogen-bond donors (Lipinski definition) is 2. The number of alkyl halides is 1. The highest BCUT2D eigenvalue weighted by Gasteiger charge is 2.38. The predicted molar refractivity (Wildman–Crippen MR) is 57.9 cm³/mol.